The lowest BCUT2D eigenvalue weighted by Gasteiger charge is -2.48. The third kappa shape index (κ3) is 3.83. The maximum absolute atomic E-state index is 13.1. The molecule has 4 atom stereocenters. The molecule has 172 valence electrons. The fourth-order valence-corrected chi connectivity index (χ4v) is 6.18. The number of amides is 1. The fraction of sp³-hybridized carbons (Fsp3) is 0.480. The molecule has 2 aliphatic heterocycles. The zero-order valence-corrected chi connectivity index (χ0v) is 21.2. The van der Waals surface area contributed by atoms with Crippen molar-refractivity contribution in [2.75, 3.05) is 27.2 Å². The second kappa shape index (κ2) is 9.09. The molecule has 0 aliphatic carbocycles. The first-order valence-electron chi connectivity index (χ1n) is 11.0. The Hall–Kier alpha value is -2.00. The first kappa shape index (κ1) is 23.2. The van der Waals surface area contributed by atoms with Crippen LogP contribution in [-0.2, 0) is 9.84 Å². The SMILES string of the molecule is COc1cccc(C(=O)NC(C)C2Oc3c(O)ccc(CI)c3C23CCN(C)CC3C)c1. The monoisotopic (exact) mass is 550 g/mol. The van der Waals surface area contributed by atoms with Gasteiger partial charge in [0, 0.05) is 27.5 Å². The molecule has 0 radical (unpaired) electrons. The van der Waals surface area contributed by atoms with Crippen molar-refractivity contribution in [2.45, 2.75) is 42.3 Å². The summed E-state index contributed by atoms with van der Waals surface area (Å²) in [5.74, 6) is 1.54. The molecule has 4 rings (SSSR count). The van der Waals surface area contributed by atoms with Crippen molar-refractivity contribution in [3.8, 4) is 17.2 Å². The minimum Gasteiger partial charge on any atom is -0.504 e. The van der Waals surface area contributed by atoms with Gasteiger partial charge in [-0.3, -0.25) is 4.79 Å². The largest absolute Gasteiger partial charge is 0.504 e. The van der Waals surface area contributed by atoms with Crippen molar-refractivity contribution in [3.05, 3.63) is 53.1 Å². The van der Waals surface area contributed by atoms with Crippen LogP contribution in [0, 0.1) is 5.92 Å². The van der Waals surface area contributed by atoms with Gasteiger partial charge < -0.3 is 24.8 Å². The van der Waals surface area contributed by atoms with Gasteiger partial charge in [-0.25, -0.2) is 0 Å². The number of alkyl halides is 1. The van der Waals surface area contributed by atoms with E-state index in [4.69, 9.17) is 9.47 Å². The first-order valence-corrected chi connectivity index (χ1v) is 12.6. The number of aromatic hydroxyl groups is 1. The number of carbonyl (C=O) groups excluding carboxylic acids is 1. The molecule has 1 fully saturated rings. The number of hydrogen-bond acceptors (Lipinski definition) is 5. The fourth-order valence-electron chi connectivity index (χ4n) is 5.54. The number of benzene rings is 2. The maximum Gasteiger partial charge on any atom is 0.251 e. The second-order valence-electron chi connectivity index (χ2n) is 9.07. The summed E-state index contributed by atoms with van der Waals surface area (Å²) < 4.78 is 12.6. The van der Waals surface area contributed by atoms with Crippen LogP contribution in [0.5, 0.6) is 17.2 Å². The van der Waals surface area contributed by atoms with E-state index in [2.05, 4.69) is 46.8 Å². The average Bonchev–Trinajstić information content (AvgIpc) is 3.14. The van der Waals surface area contributed by atoms with Gasteiger partial charge in [-0.15, -0.1) is 0 Å². The molecule has 2 N–H and O–H groups in total. The molecule has 2 aromatic rings. The highest BCUT2D eigenvalue weighted by molar-refractivity contribution is 14.1. The number of carbonyl (C=O) groups is 1. The van der Waals surface area contributed by atoms with Crippen molar-refractivity contribution in [1.82, 2.24) is 10.2 Å². The highest BCUT2D eigenvalue weighted by atomic mass is 127. The van der Waals surface area contributed by atoms with Crippen LogP contribution in [0.15, 0.2) is 36.4 Å². The maximum atomic E-state index is 13.1. The topological polar surface area (TPSA) is 71.0 Å². The Balaban J connectivity index is 1.71. The number of fused-ring (bicyclic) bond motifs is 2. The van der Waals surface area contributed by atoms with E-state index in [0.29, 0.717) is 23.0 Å². The molecule has 7 heteroatoms. The summed E-state index contributed by atoms with van der Waals surface area (Å²) >= 11 is 2.38. The highest BCUT2D eigenvalue weighted by Gasteiger charge is 2.57. The van der Waals surface area contributed by atoms with Crippen LogP contribution in [-0.4, -0.2) is 55.3 Å². The number of phenolic OH excluding ortho intramolecular Hbond substituents is 1. The van der Waals surface area contributed by atoms with Gasteiger partial charge in [0.15, 0.2) is 11.5 Å². The van der Waals surface area contributed by atoms with E-state index in [0.717, 1.165) is 29.5 Å². The van der Waals surface area contributed by atoms with E-state index >= 15 is 0 Å². The molecule has 32 heavy (non-hydrogen) atoms. The van der Waals surface area contributed by atoms with Crippen molar-refractivity contribution in [3.63, 3.8) is 0 Å². The molecule has 2 heterocycles. The lowest BCUT2D eigenvalue weighted by molar-refractivity contribution is 0.0235. The Labute approximate surface area is 203 Å². The lowest BCUT2D eigenvalue weighted by Crippen LogP contribution is -2.59. The van der Waals surface area contributed by atoms with E-state index < -0.39 is 0 Å². The number of halogens is 1. The van der Waals surface area contributed by atoms with Crippen LogP contribution < -0.4 is 14.8 Å². The summed E-state index contributed by atoms with van der Waals surface area (Å²) in [5.41, 5.74) is 2.60. The minimum absolute atomic E-state index is 0.162. The number of piperidine rings is 1. The predicted octanol–water partition coefficient (Wildman–Crippen LogP) is 4.12. The summed E-state index contributed by atoms with van der Waals surface area (Å²) in [6.07, 6.45) is 0.639. The Morgan fingerprint density at radius 3 is 2.88 bits per heavy atom. The molecule has 4 unspecified atom stereocenters. The lowest BCUT2D eigenvalue weighted by atomic mass is 9.62. The Morgan fingerprint density at radius 2 is 2.19 bits per heavy atom. The third-order valence-electron chi connectivity index (χ3n) is 7.10. The van der Waals surface area contributed by atoms with E-state index in [1.165, 1.54) is 5.56 Å². The molecule has 2 aromatic carbocycles. The van der Waals surface area contributed by atoms with Gasteiger partial charge in [0.05, 0.1) is 13.2 Å². The molecular formula is C25H31IN2O4. The molecular weight excluding hydrogens is 519 g/mol. The van der Waals surface area contributed by atoms with Gasteiger partial charge >= 0.3 is 0 Å². The van der Waals surface area contributed by atoms with E-state index in [1.54, 1.807) is 25.3 Å². The summed E-state index contributed by atoms with van der Waals surface area (Å²) in [6.45, 7) is 6.14. The second-order valence-corrected chi connectivity index (χ2v) is 9.83. The van der Waals surface area contributed by atoms with Gasteiger partial charge in [0.25, 0.3) is 5.91 Å². The van der Waals surface area contributed by atoms with Crippen LogP contribution in [0.1, 0.15) is 41.8 Å². The van der Waals surface area contributed by atoms with Crippen molar-refractivity contribution in [1.29, 1.82) is 0 Å². The molecule has 2 aliphatic rings. The summed E-state index contributed by atoms with van der Waals surface area (Å²) in [5, 5.41) is 13.8. The van der Waals surface area contributed by atoms with Crippen LogP contribution in [0.2, 0.25) is 0 Å². The Kier molecular flexibility index (Phi) is 6.58. The number of likely N-dealkylation sites (tertiary alicyclic amines) is 1. The smallest absolute Gasteiger partial charge is 0.251 e. The normalized spacial score (nSPS) is 25.8. The van der Waals surface area contributed by atoms with Gasteiger partial charge in [-0.2, -0.15) is 0 Å². The minimum atomic E-state index is -0.276. The molecule has 0 aromatic heterocycles. The van der Waals surface area contributed by atoms with Crippen LogP contribution >= 0.6 is 22.6 Å². The molecule has 0 bridgehead atoms. The summed E-state index contributed by atoms with van der Waals surface area (Å²) in [7, 11) is 3.73. The van der Waals surface area contributed by atoms with Crippen molar-refractivity contribution < 1.29 is 19.4 Å². The standard InChI is InChI=1S/C25H31IN2O4/c1-15-14-28(3)11-10-25(15)21-18(13-26)8-9-20(29)22(21)32-23(25)16(2)27-24(30)17-6-5-7-19(12-17)31-4/h5-9,12,15-16,23,29H,10-11,13-14H2,1-4H3,(H,27,30). The third-order valence-corrected chi connectivity index (χ3v) is 7.92. The first-order chi connectivity index (χ1) is 15.3. The number of methoxy groups -OCH3 is 1. The van der Waals surface area contributed by atoms with Gasteiger partial charge in [-0.1, -0.05) is 41.6 Å². The average molecular weight is 550 g/mol. The van der Waals surface area contributed by atoms with Crippen LogP contribution in [0.25, 0.3) is 0 Å². The number of hydrogen-bond donors (Lipinski definition) is 2. The predicted molar refractivity (Wildman–Crippen MR) is 133 cm³/mol. The molecule has 1 spiro atoms. The number of phenols is 1. The zero-order chi connectivity index (χ0) is 23.0. The highest BCUT2D eigenvalue weighted by Crippen LogP contribution is 2.56. The van der Waals surface area contributed by atoms with Gasteiger partial charge in [-0.05, 0) is 62.7 Å². The van der Waals surface area contributed by atoms with Gasteiger partial charge in [0.2, 0.25) is 0 Å². The van der Waals surface area contributed by atoms with E-state index in [9.17, 15) is 9.90 Å². The number of nitrogens with zero attached hydrogens (tertiary/aromatic N) is 1. The summed E-state index contributed by atoms with van der Waals surface area (Å²) in [4.78, 5) is 15.4. The summed E-state index contributed by atoms with van der Waals surface area (Å²) in [6, 6.07) is 10.6. The van der Waals surface area contributed by atoms with Crippen molar-refractivity contribution in [2.24, 2.45) is 5.92 Å². The molecule has 0 saturated carbocycles. The number of ether oxygens (including phenoxy) is 2. The number of nitrogens with one attached hydrogen (secondary N) is 1. The molecule has 1 saturated heterocycles. The molecule has 6 nitrogen and oxygen atoms in total. The van der Waals surface area contributed by atoms with E-state index in [-0.39, 0.29) is 29.2 Å². The molecule has 1 amide bonds. The quantitative estimate of drug-likeness (QED) is 0.433. The van der Waals surface area contributed by atoms with Crippen LogP contribution in [0.3, 0.4) is 0 Å². The zero-order valence-electron chi connectivity index (χ0n) is 19.0. The number of rotatable bonds is 5. The van der Waals surface area contributed by atoms with E-state index in [1.807, 2.05) is 25.1 Å². The Morgan fingerprint density at radius 1 is 1.41 bits per heavy atom. The van der Waals surface area contributed by atoms with Crippen molar-refractivity contribution >= 4 is 28.5 Å². The van der Waals surface area contributed by atoms with Gasteiger partial charge in [0.1, 0.15) is 11.9 Å². The Bertz CT molecular complexity index is 1010. The van der Waals surface area contributed by atoms with Crippen LogP contribution in [0.4, 0.5) is 0 Å².